The Bertz CT molecular complexity index is 740. The highest BCUT2D eigenvalue weighted by atomic mass is 35.5. The van der Waals surface area contributed by atoms with E-state index >= 15 is 0 Å². The van der Waals surface area contributed by atoms with Crippen LogP contribution >= 0.6 is 23.2 Å². The van der Waals surface area contributed by atoms with Gasteiger partial charge in [-0.05, 0) is 24.6 Å². The summed E-state index contributed by atoms with van der Waals surface area (Å²) in [4.78, 5) is 8.11. The molecule has 19 heavy (non-hydrogen) atoms. The molecule has 1 aromatic carbocycles. The van der Waals surface area contributed by atoms with Crippen LogP contribution in [-0.4, -0.2) is 25.0 Å². The molecule has 0 N–H and O–H groups in total. The van der Waals surface area contributed by atoms with E-state index < -0.39 is 0 Å². The Morgan fingerprint density at radius 3 is 2.89 bits per heavy atom. The summed E-state index contributed by atoms with van der Waals surface area (Å²) in [7, 11) is 0. The molecule has 0 saturated heterocycles. The lowest BCUT2D eigenvalue weighted by molar-refractivity contribution is 0.556. The van der Waals surface area contributed by atoms with Crippen molar-refractivity contribution in [2.75, 3.05) is 0 Å². The van der Waals surface area contributed by atoms with E-state index in [0.29, 0.717) is 21.2 Å². The molecule has 0 bridgehead atoms. The topological polar surface area (TPSA) is 56.5 Å². The van der Waals surface area contributed by atoms with Crippen LogP contribution in [0.15, 0.2) is 30.7 Å². The van der Waals surface area contributed by atoms with E-state index in [4.69, 9.17) is 23.2 Å². The van der Waals surface area contributed by atoms with Gasteiger partial charge in [-0.2, -0.15) is 0 Å². The first-order chi connectivity index (χ1) is 9.16. The summed E-state index contributed by atoms with van der Waals surface area (Å²) in [6, 6.07) is 5.30. The summed E-state index contributed by atoms with van der Waals surface area (Å²) in [6.45, 7) is 1.98. The van der Waals surface area contributed by atoms with Crippen molar-refractivity contribution in [2.24, 2.45) is 0 Å². The second kappa shape index (κ2) is 4.75. The van der Waals surface area contributed by atoms with E-state index in [1.807, 2.05) is 13.0 Å². The number of nitrogens with zero attached hydrogens (tertiary/aromatic N) is 5. The van der Waals surface area contributed by atoms with Crippen molar-refractivity contribution in [3.05, 3.63) is 46.3 Å². The number of benzene rings is 1. The Morgan fingerprint density at radius 2 is 2.11 bits per heavy atom. The molecule has 3 rings (SSSR count). The number of rotatable bonds is 2. The van der Waals surface area contributed by atoms with Crippen LogP contribution in [0, 0.1) is 0 Å². The van der Waals surface area contributed by atoms with E-state index in [1.165, 1.54) is 6.33 Å². The third-order valence-electron chi connectivity index (χ3n) is 2.92. The molecule has 0 aliphatic carbocycles. The predicted molar refractivity (Wildman–Crippen MR) is 73.4 cm³/mol. The summed E-state index contributed by atoms with van der Waals surface area (Å²) in [5.74, 6) is 0. The maximum absolute atomic E-state index is 6.21. The molecule has 2 heterocycles. The molecular weight excluding hydrogens is 285 g/mol. The molecule has 96 valence electrons. The third-order valence-corrected chi connectivity index (χ3v) is 3.48. The molecule has 0 fully saturated rings. The zero-order valence-corrected chi connectivity index (χ0v) is 11.5. The summed E-state index contributed by atoms with van der Waals surface area (Å²) >= 11 is 12.1. The van der Waals surface area contributed by atoms with Gasteiger partial charge in [0.2, 0.25) is 0 Å². The average molecular weight is 294 g/mol. The SMILES string of the molecule is C[C@H](c1ccc(Cl)cc1Cl)n1nnc2cncnc21. The largest absolute Gasteiger partial charge is 0.242 e. The van der Waals surface area contributed by atoms with Gasteiger partial charge in [-0.15, -0.1) is 5.10 Å². The zero-order valence-electron chi connectivity index (χ0n) is 9.96. The van der Waals surface area contributed by atoms with Crippen LogP contribution in [0.2, 0.25) is 10.0 Å². The fraction of sp³-hybridized carbons (Fsp3) is 0.167. The summed E-state index contributed by atoms with van der Waals surface area (Å²) in [5.41, 5.74) is 2.24. The molecule has 0 amide bonds. The maximum Gasteiger partial charge on any atom is 0.182 e. The molecule has 0 unspecified atom stereocenters. The number of hydrogen-bond donors (Lipinski definition) is 0. The van der Waals surface area contributed by atoms with Crippen molar-refractivity contribution in [3.63, 3.8) is 0 Å². The first-order valence-electron chi connectivity index (χ1n) is 5.62. The van der Waals surface area contributed by atoms with Crippen LogP contribution < -0.4 is 0 Å². The molecule has 1 atom stereocenters. The van der Waals surface area contributed by atoms with E-state index in [1.54, 1.807) is 23.0 Å². The highest BCUT2D eigenvalue weighted by molar-refractivity contribution is 6.35. The standard InChI is InChI=1S/C12H9Cl2N5/c1-7(9-3-2-8(13)4-10(9)14)19-12-11(17-18-19)5-15-6-16-12/h2-7H,1H3/t7-/m1/s1. The van der Waals surface area contributed by atoms with Crippen molar-refractivity contribution < 1.29 is 0 Å². The third kappa shape index (κ3) is 2.15. The van der Waals surface area contributed by atoms with E-state index in [-0.39, 0.29) is 6.04 Å². The number of fused-ring (bicyclic) bond motifs is 1. The minimum absolute atomic E-state index is 0.0929. The molecule has 5 nitrogen and oxygen atoms in total. The predicted octanol–water partition coefficient (Wildman–Crippen LogP) is 3.14. The summed E-state index contributed by atoms with van der Waals surface area (Å²) in [6.07, 6.45) is 3.10. The van der Waals surface area contributed by atoms with Crippen LogP contribution in [0.25, 0.3) is 11.2 Å². The summed E-state index contributed by atoms with van der Waals surface area (Å²) < 4.78 is 1.71. The quantitative estimate of drug-likeness (QED) is 0.728. The van der Waals surface area contributed by atoms with Crippen LogP contribution in [0.1, 0.15) is 18.5 Å². The average Bonchev–Trinajstić information content (AvgIpc) is 2.82. The van der Waals surface area contributed by atoms with Gasteiger partial charge < -0.3 is 0 Å². The van der Waals surface area contributed by atoms with Crippen molar-refractivity contribution >= 4 is 34.4 Å². The monoisotopic (exact) mass is 293 g/mol. The first-order valence-corrected chi connectivity index (χ1v) is 6.38. The minimum atomic E-state index is -0.0929. The Balaban J connectivity index is 2.10. The van der Waals surface area contributed by atoms with Crippen molar-refractivity contribution in [1.82, 2.24) is 25.0 Å². The Hall–Kier alpha value is -1.72. The lowest BCUT2D eigenvalue weighted by Crippen LogP contribution is -2.10. The van der Waals surface area contributed by atoms with E-state index in [9.17, 15) is 0 Å². The first kappa shape index (κ1) is 12.3. The molecule has 0 radical (unpaired) electrons. The molecule has 0 spiro atoms. The number of halogens is 2. The molecule has 0 saturated carbocycles. The lowest BCUT2D eigenvalue weighted by atomic mass is 10.1. The van der Waals surface area contributed by atoms with Crippen LogP contribution in [0.4, 0.5) is 0 Å². The van der Waals surface area contributed by atoms with Gasteiger partial charge in [-0.25, -0.2) is 14.6 Å². The van der Waals surface area contributed by atoms with Gasteiger partial charge in [0, 0.05) is 10.0 Å². The van der Waals surface area contributed by atoms with Crippen LogP contribution in [-0.2, 0) is 0 Å². The molecule has 0 aliphatic heterocycles. The van der Waals surface area contributed by atoms with Gasteiger partial charge in [-0.3, -0.25) is 0 Å². The van der Waals surface area contributed by atoms with Gasteiger partial charge in [0.25, 0.3) is 0 Å². The highest BCUT2D eigenvalue weighted by Gasteiger charge is 2.16. The maximum atomic E-state index is 6.21. The van der Waals surface area contributed by atoms with Crippen LogP contribution in [0.3, 0.4) is 0 Å². The number of hydrogen-bond acceptors (Lipinski definition) is 4. The zero-order chi connectivity index (χ0) is 13.4. The Kier molecular flexibility index (Phi) is 3.08. The highest BCUT2D eigenvalue weighted by Crippen LogP contribution is 2.29. The number of aromatic nitrogens is 5. The molecule has 3 aromatic rings. The molecular formula is C12H9Cl2N5. The normalized spacial score (nSPS) is 12.8. The Labute approximate surface area is 119 Å². The van der Waals surface area contributed by atoms with Crippen molar-refractivity contribution in [3.8, 4) is 0 Å². The van der Waals surface area contributed by atoms with Gasteiger partial charge in [0.15, 0.2) is 11.2 Å². The molecule has 2 aromatic heterocycles. The van der Waals surface area contributed by atoms with Gasteiger partial charge in [-0.1, -0.05) is 34.5 Å². The van der Waals surface area contributed by atoms with Crippen LogP contribution in [0.5, 0.6) is 0 Å². The minimum Gasteiger partial charge on any atom is -0.242 e. The van der Waals surface area contributed by atoms with Gasteiger partial charge >= 0.3 is 0 Å². The second-order valence-corrected chi connectivity index (χ2v) is 4.95. The fourth-order valence-corrected chi connectivity index (χ4v) is 2.50. The van der Waals surface area contributed by atoms with E-state index in [0.717, 1.165) is 5.56 Å². The van der Waals surface area contributed by atoms with Crippen molar-refractivity contribution in [1.29, 1.82) is 0 Å². The van der Waals surface area contributed by atoms with Crippen molar-refractivity contribution in [2.45, 2.75) is 13.0 Å². The molecule has 0 aliphatic rings. The Morgan fingerprint density at radius 1 is 1.26 bits per heavy atom. The second-order valence-electron chi connectivity index (χ2n) is 4.11. The van der Waals surface area contributed by atoms with Gasteiger partial charge in [0.1, 0.15) is 6.33 Å². The smallest absolute Gasteiger partial charge is 0.182 e. The lowest BCUT2D eigenvalue weighted by Gasteiger charge is -2.14. The fourth-order valence-electron chi connectivity index (χ4n) is 1.93. The summed E-state index contributed by atoms with van der Waals surface area (Å²) in [5, 5.41) is 9.34. The van der Waals surface area contributed by atoms with Gasteiger partial charge in [0.05, 0.1) is 12.2 Å². The van der Waals surface area contributed by atoms with E-state index in [2.05, 4.69) is 20.3 Å². The molecule has 7 heteroatoms.